The van der Waals surface area contributed by atoms with Crippen LogP contribution in [0.25, 0.3) is 0 Å². The van der Waals surface area contributed by atoms with Crippen molar-refractivity contribution in [2.75, 3.05) is 0 Å². The zero-order valence-electron chi connectivity index (χ0n) is 5.06. The number of fused-ring (bicyclic) bond motifs is 2. The predicted octanol–water partition coefficient (Wildman–Crippen LogP) is 1.76. The summed E-state index contributed by atoms with van der Waals surface area (Å²) in [6, 6.07) is 1.79. The molecule has 0 fully saturated rings. The number of benzene rings is 1. The zero-order valence-corrected chi connectivity index (χ0v) is 6.64. The van der Waals surface area contributed by atoms with Gasteiger partial charge < -0.3 is 10.2 Å². The summed E-state index contributed by atoms with van der Waals surface area (Å²) in [6.07, 6.45) is 0.701. The number of phenols is 2. The highest BCUT2D eigenvalue weighted by Crippen LogP contribution is 2.45. The summed E-state index contributed by atoms with van der Waals surface area (Å²) in [5.41, 5.74) is 1.80. The molecule has 3 rings (SSSR count). The first-order valence-corrected chi connectivity index (χ1v) is 3.71. The molecule has 0 saturated heterocycles. The molecular formula is C7H5BrO2. The second-order valence-corrected chi connectivity index (χ2v) is 3.18. The zero-order chi connectivity index (χ0) is 7.30. The molecule has 0 radical (unpaired) electrons. The van der Waals surface area contributed by atoms with Crippen molar-refractivity contribution in [2.45, 2.75) is 6.42 Å². The molecule has 0 atom stereocenters. The van der Waals surface area contributed by atoms with Gasteiger partial charge in [0.25, 0.3) is 0 Å². The largest absolute Gasteiger partial charge is 0.506 e. The van der Waals surface area contributed by atoms with Crippen LogP contribution in [-0.4, -0.2) is 10.2 Å². The number of phenolic OH excluding ortho intramolecular Hbond substituents is 2. The Morgan fingerprint density at radius 3 is 1.90 bits per heavy atom. The van der Waals surface area contributed by atoms with Crippen molar-refractivity contribution in [1.82, 2.24) is 0 Å². The van der Waals surface area contributed by atoms with Crippen molar-refractivity contribution in [3.05, 3.63) is 21.7 Å². The second kappa shape index (κ2) is 1.66. The fourth-order valence-electron chi connectivity index (χ4n) is 1.08. The van der Waals surface area contributed by atoms with E-state index < -0.39 is 0 Å². The molecule has 0 saturated carbocycles. The third-order valence-electron chi connectivity index (χ3n) is 1.75. The molecule has 1 aromatic carbocycles. The Kier molecular flexibility index (Phi) is 1.01. The van der Waals surface area contributed by atoms with Crippen LogP contribution in [0.1, 0.15) is 11.1 Å². The number of halogens is 1. The van der Waals surface area contributed by atoms with Crippen molar-refractivity contribution in [2.24, 2.45) is 0 Å². The molecule has 10 heavy (non-hydrogen) atoms. The van der Waals surface area contributed by atoms with E-state index in [2.05, 4.69) is 15.9 Å². The standard InChI is InChI=1S/C7H5BrO2/c8-5-6(9)3-1-4(2-3)7(5)10/h1,9-10H,2H2. The Labute approximate surface area is 66.2 Å². The molecule has 1 aromatic rings. The summed E-state index contributed by atoms with van der Waals surface area (Å²) in [5, 5.41) is 18.4. The van der Waals surface area contributed by atoms with Gasteiger partial charge in [-0.15, -0.1) is 0 Å². The maximum Gasteiger partial charge on any atom is 0.137 e. The van der Waals surface area contributed by atoms with Crippen LogP contribution >= 0.6 is 15.9 Å². The topological polar surface area (TPSA) is 40.5 Å². The minimum atomic E-state index is 0.174. The molecule has 0 unspecified atom stereocenters. The molecule has 0 heterocycles. The lowest BCUT2D eigenvalue weighted by atomic mass is 9.91. The van der Waals surface area contributed by atoms with E-state index in [0.29, 0.717) is 10.9 Å². The van der Waals surface area contributed by atoms with Crippen LogP contribution in [-0.2, 0) is 6.42 Å². The first-order valence-electron chi connectivity index (χ1n) is 2.92. The summed E-state index contributed by atoms with van der Waals surface area (Å²) < 4.78 is 0.422. The van der Waals surface area contributed by atoms with Gasteiger partial charge in [0.05, 0.1) is 0 Å². The smallest absolute Gasteiger partial charge is 0.137 e. The summed E-state index contributed by atoms with van der Waals surface area (Å²) in [6.45, 7) is 0. The Hall–Kier alpha value is -0.700. The van der Waals surface area contributed by atoms with E-state index in [1.165, 1.54) is 0 Å². The molecule has 3 heteroatoms. The SMILES string of the molecule is Oc1c2cc(c(O)c1Br)C2. The average Bonchev–Trinajstić information content (AvgIpc) is 1.78. The number of rotatable bonds is 0. The number of hydrogen-bond acceptors (Lipinski definition) is 2. The van der Waals surface area contributed by atoms with E-state index in [9.17, 15) is 10.2 Å². The molecular weight excluding hydrogens is 196 g/mol. The number of hydrogen-bond donors (Lipinski definition) is 2. The maximum absolute atomic E-state index is 9.22. The highest BCUT2D eigenvalue weighted by atomic mass is 79.9. The molecule has 0 aliphatic heterocycles. The van der Waals surface area contributed by atoms with Gasteiger partial charge in [-0.2, -0.15) is 0 Å². The van der Waals surface area contributed by atoms with Crippen LogP contribution in [0.5, 0.6) is 11.5 Å². The van der Waals surface area contributed by atoms with Crippen molar-refractivity contribution in [1.29, 1.82) is 0 Å². The molecule has 2 N–H and O–H groups in total. The Bertz CT molecular complexity index is 275. The van der Waals surface area contributed by atoms with Gasteiger partial charge in [-0.25, -0.2) is 0 Å². The van der Waals surface area contributed by atoms with Crippen molar-refractivity contribution >= 4 is 15.9 Å². The highest BCUT2D eigenvalue weighted by molar-refractivity contribution is 9.10. The first kappa shape index (κ1) is 6.04. The summed E-state index contributed by atoms with van der Waals surface area (Å²) in [7, 11) is 0. The van der Waals surface area contributed by atoms with Crippen LogP contribution in [0.4, 0.5) is 0 Å². The lowest BCUT2D eigenvalue weighted by molar-refractivity contribution is 0.428. The van der Waals surface area contributed by atoms with Gasteiger partial charge in [0.15, 0.2) is 0 Å². The molecule has 2 nitrogen and oxygen atoms in total. The van der Waals surface area contributed by atoms with E-state index in [0.717, 1.165) is 11.1 Å². The Morgan fingerprint density at radius 1 is 1.20 bits per heavy atom. The van der Waals surface area contributed by atoms with Gasteiger partial charge >= 0.3 is 0 Å². The van der Waals surface area contributed by atoms with Gasteiger partial charge in [0.1, 0.15) is 16.0 Å². The molecule has 0 aromatic heterocycles. The average molecular weight is 201 g/mol. The molecule has 52 valence electrons. The van der Waals surface area contributed by atoms with E-state index in [1.54, 1.807) is 6.07 Å². The lowest BCUT2D eigenvalue weighted by Gasteiger charge is -2.19. The molecule has 2 aliphatic carbocycles. The van der Waals surface area contributed by atoms with Gasteiger partial charge in [-0.3, -0.25) is 0 Å². The fraction of sp³-hybridized carbons (Fsp3) is 0.143. The second-order valence-electron chi connectivity index (χ2n) is 2.38. The van der Waals surface area contributed by atoms with Crippen molar-refractivity contribution < 1.29 is 10.2 Å². The Morgan fingerprint density at radius 2 is 1.60 bits per heavy atom. The van der Waals surface area contributed by atoms with Crippen LogP contribution in [0, 0.1) is 0 Å². The van der Waals surface area contributed by atoms with E-state index in [4.69, 9.17) is 0 Å². The third kappa shape index (κ3) is 0.534. The molecule has 2 bridgehead atoms. The van der Waals surface area contributed by atoms with E-state index in [1.807, 2.05) is 0 Å². The maximum atomic E-state index is 9.22. The minimum absolute atomic E-state index is 0.174. The van der Waals surface area contributed by atoms with Crippen LogP contribution < -0.4 is 0 Å². The van der Waals surface area contributed by atoms with Crippen LogP contribution in [0.15, 0.2) is 10.5 Å². The monoisotopic (exact) mass is 200 g/mol. The van der Waals surface area contributed by atoms with Crippen molar-refractivity contribution in [3.8, 4) is 11.5 Å². The third-order valence-corrected chi connectivity index (χ3v) is 2.50. The summed E-state index contributed by atoms with van der Waals surface area (Å²) in [5.74, 6) is 0.347. The van der Waals surface area contributed by atoms with E-state index >= 15 is 0 Å². The summed E-state index contributed by atoms with van der Waals surface area (Å²) >= 11 is 3.07. The quantitative estimate of drug-likeness (QED) is 0.681. The van der Waals surface area contributed by atoms with E-state index in [-0.39, 0.29) is 11.5 Å². The Balaban J connectivity index is 2.77. The number of aromatic hydroxyl groups is 2. The predicted molar refractivity (Wildman–Crippen MR) is 40.3 cm³/mol. The molecule has 0 amide bonds. The highest BCUT2D eigenvalue weighted by Gasteiger charge is 2.22. The van der Waals surface area contributed by atoms with Gasteiger partial charge in [0, 0.05) is 17.5 Å². The van der Waals surface area contributed by atoms with Gasteiger partial charge in [-0.1, -0.05) is 0 Å². The van der Waals surface area contributed by atoms with Crippen LogP contribution in [0.2, 0.25) is 0 Å². The molecule has 2 aliphatic rings. The van der Waals surface area contributed by atoms with Crippen LogP contribution in [0.3, 0.4) is 0 Å². The van der Waals surface area contributed by atoms with Gasteiger partial charge in [0.2, 0.25) is 0 Å². The minimum Gasteiger partial charge on any atom is -0.506 e. The lowest BCUT2D eigenvalue weighted by Crippen LogP contribution is -2.02. The van der Waals surface area contributed by atoms with Gasteiger partial charge in [-0.05, 0) is 22.0 Å². The van der Waals surface area contributed by atoms with Crippen molar-refractivity contribution in [3.63, 3.8) is 0 Å². The fourth-order valence-corrected chi connectivity index (χ4v) is 1.59. The molecule has 0 spiro atoms. The first-order chi connectivity index (χ1) is 4.70. The normalized spacial score (nSPS) is 12.9. The summed E-state index contributed by atoms with van der Waals surface area (Å²) in [4.78, 5) is 0.